The zero-order valence-corrected chi connectivity index (χ0v) is 13.7. The van der Waals surface area contributed by atoms with Gasteiger partial charge in [-0.3, -0.25) is 4.90 Å². The molecule has 126 valence electrons. The van der Waals surface area contributed by atoms with Crippen molar-refractivity contribution < 1.29 is 20.4 Å². The Labute approximate surface area is 136 Å². The van der Waals surface area contributed by atoms with E-state index in [1.54, 1.807) is 0 Å². The lowest BCUT2D eigenvalue weighted by molar-refractivity contribution is 0.0280. The molecule has 1 aliphatic heterocycles. The zero-order valence-electron chi connectivity index (χ0n) is 12.9. The van der Waals surface area contributed by atoms with Crippen molar-refractivity contribution in [1.82, 2.24) is 10.2 Å². The number of rotatable bonds is 4. The van der Waals surface area contributed by atoms with E-state index < -0.39 is 5.41 Å². The minimum atomic E-state index is -0.552. The van der Waals surface area contributed by atoms with Crippen LogP contribution in [0.4, 0.5) is 0 Å². The SMILES string of the molecule is CC(C)(CO)[C@@H](c1c(O)cc(O)cc1O)N1CCNCC1.Cl. The van der Waals surface area contributed by atoms with E-state index in [0.29, 0.717) is 5.56 Å². The highest BCUT2D eigenvalue weighted by Gasteiger charge is 2.38. The number of nitrogens with one attached hydrogen (secondary N) is 1. The van der Waals surface area contributed by atoms with Gasteiger partial charge in [-0.1, -0.05) is 13.8 Å². The average molecular weight is 333 g/mol. The van der Waals surface area contributed by atoms with Gasteiger partial charge in [0.25, 0.3) is 0 Å². The van der Waals surface area contributed by atoms with Gasteiger partial charge in [0.2, 0.25) is 0 Å². The third-order valence-electron chi connectivity index (χ3n) is 4.06. The number of benzene rings is 1. The smallest absolute Gasteiger partial charge is 0.127 e. The van der Waals surface area contributed by atoms with Gasteiger partial charge >= 0.3 is 0 Å². The highest BCUT2D eigenvalue weighted by molar-refractivity contribution is 5.85. The number of hydrogen-bond acceptors (Lipinski definition) is 6. The van der Waals surface area contributed by atoms with Crippen LogP contribution >= 0.6 is 12.4 Å². The molecule has 22 heavy (non-hydrogen) atoms. The fourth-order valence-corrected chi connectivity index (χ4v) is 2.98. The molecule has 1 aliphatic rings. The molecule has 1 aromatic carbocycles. The molecule has 1 saturated heterocycles. The lowest BCUT2D eigenvalue weighted by Crippen LogP contribution is -2.49. The van der Waals surface area contributed by atoms with E-state index in [9.17, 15) is 20.4 Å². The Hall–Kier alpha value is -1.21. The van der Waals surface area contributed by atoms with Crippen LogP contribution in [-0.4, -0.2) is 58.1 Å². The van der Waals surface area contributed by atoms with Crippen LogP contribution in [0.2, 0.25) is 0 Å². The minimum Gasteiger partial charge on any atom is -0.508 e. The van der Waals surface area contributed by atoms with Crippen molar-refractivity contribution in [1.29, 1.82) is 0 Å². The molecule has 0 aromatic heterocycles. The van der Waals surface area contributed by atoms with Gasteiger partial charge in [0.15, 0.2) is 0 Å². The molecule has 0 spiro atoms. The van der Waals surface area contributed by atoms with Gasteiger partial charge in [-0.15, -0.1) is 12.4 Å². The third kappa shape index (κ3) is 3.76. The van der Waals surface area contributed by atoms with Crippen LogP contribution < -0.4 is 5.32 Å². The maximum atomic E-state index is 10.2. The summed E-state index contributed by atoms with van der Waals surface area (Å²) in [5, 5.41) is 42.9. The maximum Gasteiger partial charge on any atom is 0.127 e. The van der Waals surface area contributed by atoms with E-state index in [0.717, 1.165) is 26.2 Å². The van der Waals surface area contributed by atoms with Crippen LogP contribution in [0.1, 0.15) is 25.5 Å². The number of aliphatic hydroxyl groups excluding tert-OH is 1. The number of hydrogen-bond donors (Lipinski definition) is 5. The maximum absolute atomic E-state index is 10.2. The molecule has 1 aromatic rings. The number of aromatic hydroxyl groups is 3. The number of nitrogens with zero attached hydrogens (tertiary/aromatic N) is 1. The predicted octanol–water partition coefficient (Wildman–Crippen LogP) is 1.19. The summed E-state index contributed by atoms with van der Waals surface area (Å²) < 4.78 is 0. The second-order valence-corrected chi connectivity index (χ2v) is 6.23. The van der Waals surface area contributed by atoms with Crippen LogP contribution in [0.5, 0.6) is 17.2 Å². The number of phenols is 3. The lowest BCUT2D eigenvalue weighted by Gasteiger charge is -2.43. The summed E-state index contributed by atoms with van der Waals surface area (Å²) in [6, 6.07) is 2.10. The van der Waals surface area contributed by atoms with E-state index in [4.69, 9.17) is 0 Å². The van der Waals surface area contributed by atoms with Crippen LogP contribution in [0, 0.1) is 5.41 Å². The Morgan fingerprint density at radius 2 is 1.64 bits per heavy atom. The fourth-order valence-electron chi connectivity index (χ4n) is 2.98. The molecule has 5 N–H and O–H groups in total. The van der Waals surface area contributed by atoms with Gasteiger partial charge in [0.1, 0.15) is 17.2 Å². The lowest BCUT2D eigenvalue weighted by atomic mass is 9.79. The molecule has 1 heterocycles. The predicted molar refractivity (Wildman–Crippen MR) is 86.7 cm³/mol. The van der Waals surface area contributed by atoms with Gasteiger partial charge in [0, 0.05) is 56.4 Å². The van der Waals surface area contributed by atoms with Crippen molar-refractivity contribution in [2.45, 2.75) is 19.9 Å². The van der Waals surface area contributed by atoms with Crippen molar-refractivity contribution in [3.05, 3.63) is 17.7 Å². The van der Waals surface area contributed by atoms with E-state index in [1.165, 1.54) is 12.1 Å². The zero-order chi connectivity index (χ0) is 15.6. The number of halogens is 1. The fraction of sp³-hybridized carbons (Fsp3) is 0.600. The van der Waals surface area contributed by atoms with Gasteiger partial charge in [0.05, 0.1) is 5.56 Å². The topological polar surface area (TPSA) is 96.2 Å². The molecule has 2 rings (SSSR count). The third-order valence-corrected chi connectivity index (χ3v) is 4.06. The number of phenolic OH excluding ortho intramolecular Hbond substituents is 3. The molecule has 0 radical (unpaired) electrons. The Kier molecular flexibility index (Phi) is 6.31. The second kappa shape index (κ2) is 7.37. The van der Waals surface area contributed by atoms with Gasteiger partial charge < -0.3 is 25.7 Å². The van der Waals surface area contributed by atoms with E-state index in [2.05, 4.69) is 10.2 Å². The summed E-state index contributed by atoms with van der Waals surface area (Å²) >= 11 is 0. The van der Waals surface area contributed by atoms with Crippen LogP contribution in [0.25, 0.3) is 0 Å². The molecule has 0 amide bonds. The molecule has 0 saturated carbocycles. The van der Waals surface area contributed by atoms with Crippen molar-refractivity contribution in [2.75, 3.05) is 32.8 Å². The van der Waals surface area contributed by atoms with Gasteiger partial charge in [-0.05, 0) is 0 Å². The molecule has 7 heteroatoms. The van der Waals surface area contributed by atoms with Crippen LogP contribution in [0.15, 0.2) is 12.1 Å². The summed E-state index contributed by atoms with van der Waals surface area (Å²) in [7, 11) is 0. The summed E-state index contributed by atoms with van der Waals surface area (Å²) in [4.78, 5) is 2.14. The molecule has 1 atom stereocenters. The molecule has 1 fully saturated rings. The Balaban J connectivity index is 0.00000242. The summed E-state index contributed by atoms with van der Waals surface area (Å²) in [5.74, 6) is -0.496. The molecule has 0 aliphatic carbocycles. The van der Waals surface area contributed by atoms with E-state index in [1.807, 2.05) is 13.8 Å². The standard InChI is InChI=1S/C15H24N2O4.ClH/c1-15(2,9-18)14(17-5-3-16-4-6-17)13-11(20)7-10(19)8-12(13)21;/h7-8,14,16,18-21H,3-6,9H2,1-2H3;1H/t14-;/m1./s1. The number of piperazine rings is 1. The molecule has 0 bridgehead atoms. The summed E-state index contributed by atoms with van der Waals surface area (Å²) in [6.07, 6.45) is 0. The minimum absolute atomic E-state index is 0. The first-order valence-electron chi connectivity index (χ1n) is 7.17. The Morgan fingerprint density at radius 3 is 2.09 bits per heavy atom. The van der Waals surface area contributed by atoms with Crippen molar-refractivity contribution >= 4 is 12.4 Å². The van der Waals surface area contributed by atoms with Gasteiger partial charge in [-0.25, -0.2) is 0 Å². The number of aliphatic hydroxyl groups is 1. The first kappa shape index (κ1) is 18.8. The van der Waals surface area contributed by atoms with Crippen molar-refractivity contribution in [3.63, 3.8) is 0 Å². The normalized spacial score (nSPS) is 17.8. The Morgan fingerprint density at radius 1 is 1.14 bits per heavy atom. The summed E-state index contributed by atoms with van der Waals surface area (Å²) in [5.41, 5.74) is -0.197. The monoisotopic (exact) mass is 332 g/mol. The van der Waals surface area contributed by atoms with E-state index >= 15 is 0 Å². The highest BCUT2D eigenvalue weighted by atomic mass is 35.5. The first-order chi connectivity index (χ1) is 9.86. The van der Waals surface area contributed by atoms with Crippen LogP contribution in [-0.2, 0) is 0 Å². The molecular weight excluding hydrogens is 308 g/mol. The van der Waals surface area contributed by atoms with Gasteiger partial charge in [-0.2, -0.15) is 0 Å². The van der Waals surface area contributed by atoms with E-state index in [-0.39, 0.29) is 42.3 Å². The van der Waals surface area contributed by atoms with Crippen molar-refractivity contribution in [2.24, 2.45) is 5.41 Å². The highest BCUT2D eigenvalue weighted by Crippen LogP contribution is 2.46. The second-order valence-electron chi connectivity index (χ2n) is 6.23. The molecular formula is C15H25ClN2O4. The molecule has 6 nitrogen and oxygen atoms in total. The summed E-state index contributed by atoms with van der Waals surface area (Å²) in [6.45, 7) is 6.86. The van der Waals surface area contributed by atoms with Crippen molar-refractivity contribution in [3.8, 4) is 17.2 Å². The quantitative estimate of drug-likeness (QED) is 0.568. The van der Waals surface area contributed by atoms with Crippen LogP contribution in [0.3, 0.4) is 0 Å². The molecule has 0 unspecified atom stereocenters. The average Bonchev–Trinajstić information content (AvgIpc) is 2.43. The Bertz CT molecular complexity index is 481. The largest absolute Gasteiger partial charge is 0.508 e. The first-order valence-corrected chi connectivity index (χ1v) is 7.17.